The van der Waals surface area contributed by atoms with Crippen molar-refractivity contribution in [2.24, 2.45) is 5.92 Å². The van der Waals surface area contributed by atoms with E-state index < -0.39 is 6.04 Å². The molecule has 7 nitrogen and oxygen atoms in total. The number of rotatable bonds is 7. The van der Waals surface area contributed by atoms with E-state index in [1.807, 2.05) is 19.1 Å². The summed E-state index contributed by atoms with van der Waals surface area (Å²) in [5.41, 5.74) is 8.68. The molecule has 2 heterocycles. The Bertz CT molecular complexity index is 887. The molecule has 2 aromatic rings. The van der Waals surface area contributed by atoms with Gasteiger partial charge in [-0.3, -0.25) is 9.59 Å². The van der Waals surface area contributed by atoms with Crippen LogP contribution in [0.3, 0.4) is 0 Å². The van der Waals surface area contributed by atoms with Gasteiger partial charge in [0.25, 0.3) is 0 Å². The van der Waals surface area contributed by atoms with Crippen LogP contribution in [0, 0.1) is 12.8 Å². The molecule has 3 atom stereocenters. The second kappa shape index (κ2) is 10.9. The molecule has 5 N–H and O–H groups in total. The molecule has 0 spiro atoms. The number of anilines is 1. The fourth-order valence-electron chi connectivity index (χ4n) is 4.00. The highest BCUT2D eigenvalue weighted by Gasteiger charge is 2.26. The van der Waals surface area contributed by atoms with E-state index in [9.17, 15) is 9.59 Å². The zero-order chi connectivity index (χ0) is 22.2. The molecular formula is C24H33N5O2. The van der Waals surface area contributed by atoms with Crippen molar-refractivity contribution in [2.75, 3.05) is 12.3 Å². The van der Waals surface area contributed by atoms with Gasteiger partial charge in [0.05, 0.1) is 6.04 Å². The quantitative estimate of drug-likeness (QED) is 0.545. The molecule has 1 aromatic heterocycles. The van der Waals surface area contributed by atoms with Crippen molar-refractivity contribution in [1.29, 1.82) is 0 Å². The van der Waals surface area contributed by atoms with Crippen LogP contribution >= 0.6 is 0 Å². The van der Waals surface area contributed by atoms with Gasteiger partial charge in [0.2, 0.25) is 11.8 Å². The predicted molar refractivity (Wildman–Crippen MR) is 122 cm³/mol. The first-order valence-corrected chi connectivity index (χ1v) is 11.0. The summed E-state index contributed by atoms with van der Waals surface area (Å²) >= 11 is 0. The van der Waals surface area contributed by atoms with Crippen LogP contribution < -0.4 is 21.7 Å². The molecule has 2 amide bonds. The van der Waals surface area contributed by atoms with E-state index >= 15 is 0 Å². The van der Waals surface area contributed by atoms with E-state index in [1.165, 1.54) is 5.56 Å². The van der Waals surface area contributed by atoms with Crippen LogP contribution in [0.4, 0.5) is 5.82 Å². The van der Waals surface area contributed by atoms with Crippen LogP contribution in [0.15, 0.2) is 42.5 Å². The number of hydrogen-bond acceptors (Lipinski definition) is 5. The van der Waals surface area contributed by atoms with Gasteiger partial charge >= 0.3 is 0 Å². The van der Waals surface area contributed by atoms with Crippen molar-refractivity contribution in [2.45, 2.75) is 58.2 Å². The van der Waals surface area contributed by atoms with Crippen LogP contribution in [0.25, 0.3) is 0 Å². The van der Waals surface area contributed by atoms with Crippen molar-refractivity contribution < 1.29 is 9.59 Å². The minimum absolute atomic E-state index is 0.117. The number of pyridine rings is 1. The SMILES string of the molecule is Cc1nc(N)ccc1CNC(=O)[C@H](C)NC(=O)[C@@H]1CC[C@H](Cc2ccccc2)CCN1. The zero-order valence-electron chi connectivity index (χ0n) is 18.4. The van der Waals surface area contributed by atoms with Gasteiger partial charge in [-0.2, -0.15) is 0 Å². The molecule has 31 heavy (non-hydrogen) atoms. The van der Waals surface area contributed by atoms with Gasteiger partial charge in [-0.25, -0.2) is 4.98 Å². The molecule has 3 rings (SSSR count). The number of aromatic nitrogens is 1. The number of hydrogen-bond donors (Lipinski definition) is 4. The number of nitrogen functional groups attached to an aromatic ring is 1. The lowest BCUT2D eigenvalue weighted by molar-refractivity contribution is -0.129. The summed E-state index contributed by atoms with van der Waals surface area (Å²) in [6, 6.07) is 13.2. The van der Waals surface area contributed by atoms with Crippen molar-refractivity contribution in [3.63, 3.8) is 0 Å². The highest BCUT2D eigenvalue weighted by molar-refractivity contribution is 5.89. The lowest BCUT2D eigenvalue weighted by atomic mass is 9.92. The Kier molecular flexibility index (Phi) is 8.00. The van der Waals surface area contributed by atoms with Gasteiger partial charge in [-0.1, -0.05) is 36.4 Å². The standard InChI is InChI=1S/C24H33N5O2/c1-16-20(9-11-22(25)28-16)15-27-23(30)17(2)29-24(31)21-10-8-19(12-13-26-21)14-18-6-4-3-5-7-18/h3-7,9,11,17,19,21,26H,8,10,12-15H2,1-2H3,(H2,25,28)(H,27,30)(H,29,31)/t17-,19-,21-/m0/s1. The molecule has 0 unspecified atom stereocenters. The third-order valence-electron chi connectivity index (χ3n) is 5.91. The number of nitrogens with two attached hydrogens (primary N) is 1. The van der Waals surface area contributed by atoms with E-state index in [4.69, 9.17) is 5.73 Å². The molecule has 1 fully saturated rings. The Balaban J connectivity index is 1.44. The number of nitrogens with one attached hydrogen (secondary N) is 3. The van der Waals surface area contributed by atoms with Crippen LogP contribution in [-0.4, -0.2) is 35.4 Å². The third kappa shape index (κ3) is 6.79. The highest BCUT2D eigenvalue weighted by Crippen LogP contribution is 2.21. The summed E-state index contributed by atoms with van der Waals surface area (Å²) in [6.07, 6.45) is 3.84. The average molecular weight is 424 g/mol. The second-order valence-electron chi connectivity index (χ2n) is 8.36. The maximum Gasteiger partial charge on any atom is 0.242 e. The Morgan fingerprint density at radius 3 is 2.68 bits per heavy atom. The molecule has 0 radical (unpaired) electrons. The summed E-state index contributed by atoms with van der Waals surface area (Å²) in [7, 11) is 0. The van der Waals surface area contributed by atoms with E-state index in [0.29, 0.717) is 18.3 Å². The Morgan fingerprint density at radius 2 is 1.94 bits per heavy atom. The highest BCUT2D eigenvalue weighted by atomic mass is 16.2. The zero-order valence-corrected chi connectivity index (χ0v) is 18.4. The fraction of sp³-hybridized carbons (Fsp3) is 0.458. The lowest BCUT2D eigenvalue weighted by Gasteiger charge is -2.20. The number of carbonyl (C=O) groups is 2. The van der Waals surface area contributed by atoms with E-state index in [-0.39, 0.29) is 17.9 Å². The van der Waals surface area contributed by atoms with Crippen LogP contribution in [-0.2, 0) is 22.6 Å². The summed E-state index contributed by atoms with van der Waals surface area (Å²) < 4.78 is 0. The van der Waals surface area contributed by atoms with Gasteiger partial charge in [0.15, 0.2) is 0 Å². The maximum atomic E-state index is 12.7. The van der Waals surface area contributed by atoms with Crippen molar-refractivity contribution >= 4 is 17.6 Å². The normalized spacial score (nSPS) is 19.8. The van der Waals surface area contributed by atoms with Gasteiger partial charge in [-0.15, -0.1) is 0 Å². The van der Waals surface area contributed by atoms with Crippen LogP contribution in [0.1, 0.15) is 43.0 Å². The van der Waals surface area contributed by atoms with Gasteiger partial charge in [0.1, 0.15) is 11.9 Å². The molecule has 7 heteroatoms. The molecule has 166 valence electrons. The van der Waals surface area contributed by atoms with Gasteiger partial charge in [0, 0.05) is 12.2 Å². The largest absolute Gasteiger partial charge is 0.384 e. The monoisotopic (exact) mass is 423 g/mol. The van der Waals surface area contributed by atoms with Crippen molar-refractivity contribution in [3.05, 3.63) is 59.3 Å². The Labute approximate surface area is 184 Å². The molecule has 0 bridgehead atoms. The van der Waals surface area contributed by atoms with E-state index in [0.717, 1.165) is 43.5 Å². The van der Waals surface area contributed by atoms with E-state index in [1.54, 1.807) is 13.0 Å². The first kappa shape index (κ1) is 22.7. The first-order chi connectivity index (χ1) is 14.9. The van der Waals surface area contributed by atoms with Crippen molar-refractivity contribution in [3.8, 4) is 0 Å². The number of nitrogens with zero attached hydrogens (tertiary/aromatic N) is 1. The van der Waals surface area contributed by atoms with E-state index in [2.05, 4.69) is 45.2 Å². The number of amides is 2. The number of benzene rings is 1. The summed E-state index contributed by atoms with van der Waals surface area (Å²) in [4.78, 5) is 29.4. The maximum absolute atomic E-state index is 12.7. The first-order valence-electron chi connectivity index (χ1n) is 11.0. The van der Waals surface area contributed by atoms with Crippen molar-refractivity contribution in [1.82, 2.24) is 20.9 Å². The Hall–Kier alpha value is -2.93. The van der Waals surface area contributed by atoms with Crippen LogP contribution in [0.2, 0.25) is 0 Å². The third-order valence-corrected chi connectivity index (χ3v) is 5.91. The molecule has 1 saturated heterocycles. The summed E-state index contributed by atoms with van der Waals surface area (Å²) in [5, 5.41) is 9.06. The number of aryl methyl sites for hydroxylation is 1. The molecule has 1 aliphatic rings. The summed E-state index contributed by atoms with van der Waals surface area (Å²) in [6.45, 7) is 4.71. The van der Waals surface area contributed by atoms with Gasteiger partial charge in [-0.05, 0) is 69.2 Å². The smallest absolute Gasteiger partial charge is 0.242 e. The molecule has 1 aliphatic heterocycles. The predicted octanol–water partition coefficient (Wildman–Crippen LogP) is 2.09. The number of carbonyl (C=O) groups excluding carboxylic acids is 2. The minimum Gasteiger partial charge on any atom is -0.384 e. The molecule has 0 aliphatic carbocycles. The Morgan fingerprint density at radius 1 is 1.16 bits per heavy atom. The van der Waals surface area contributed by atoms with Crippen LogP contribution in [0.5, 0.6) is 0 Å². The lowest BCUT2D eigenvalue weighted by Crippen LogP contribution is -2.51. The average Bonchev–Trinajstić information content (AvgIpc) is 2.99. The topological polar surface area (TPSA) is 109 Å². The molecular weight excluding hydrogens is 390 g/mol. The van der Waals surface area contributed by atoms with Gasteiger partial charge < -0.3 is 21.7 Å². The second-order valence-corrected chi connectivity index (χ2v) is 8.36. The minimum atomic E-state index is -0.611. The fourth-order valence-corrected chi connectivity index (χ4v) is 4.00. The molecule has 1 aromatic carbocycles. The summed E-state index contributed by atoms with van der Waals surface area (Å²) in [5.74, 6) is 0.675. The molecule has 0 saturated carbocycles.